The molecule has 0 spiro atoms. The van der Waals surface area contributed by atoms with Crippen molar-refractivity contribution in [2.45, 2.75) is 38.5 Å². The molecule has 104 valence electrons. The van der Waals surface area contributed by atoms with Gasteiger partial charge in [0.05, 0.1) is 6.61 Å². The van der Waals surface area contributed by atoms with Crippen LogP contribution in [0.2, 0.25) is 0 Å². The number of hydrogen-bond donors (Lipinski definition) is 1. The normalized spacial score (nSPS) is 13.6. The van der Waals surface area contributed by atoms with Gasteiger partial charge in [-0.15, -0.1) is 0 Å². The molecule has 1 rings (SSSR count). The maximum absolute atomic E-state index is 12.0. The second kappa shape index (κ2) is 6.63. The lowest BCUT2D eigenvalue weighted by atomic mass is 10.3. The van der Waals surface area contributed by atoms with Gasteiger partial charge in [0.1, 0.15) is 0 Å². The van der Waals surface area contributed by atoms with Crippen molar-refractivity contribution in [3.8, 4) is 0 Å². The monoisotopic (exact) mass is 265 g/mol. The summed E-state index contributed by atoms with van der Waals surface area (Å²) in [6.45, 7) is 2.72. The Morgan fingerprint density at radius 3 is 2.83 bits per heavy atom. The lowest BCUT2D eigenvalue weighted by Gasteiger charge is -2.15. The minimum Gasteiger partial charge on any atom is -0.383 e. The first-order valence-electron chi connectivity index (χ1n) is 5.75. The molecule has 0 aliphatic carbocycles. The van der Waals surface area contributed by atoms with E-state index in [1.165, 1.54) is 0 Å². The lowest BCUT2D eigenvalue weighted by Crippen LogP contribution is -2.23. The average Bonchev–Trinajstić information content (AvgIpc) is 2.64. The van der Waals surface area contributed by atoms with Crippen molar-refractivity contribution in [1.29, 1.82) is 0 Å². The summed E-state index contributed by atoms with van der Waals surface area (Å²) in [6, 6.07) is 0.0544. The Balaban J connectivity index is 2.44. The molecule has 0 radical (unpaired) electrons. The number of rotatable bonds is 7. The van der Waals surface area contributed by atoms with Gasteiger partial charge in [0, 0.05) is 38.5 Å². The van der Waals surface area contributed by atoms with Gasteiger partial charge in [0.2, 0.25) is 5.95 Å². The van der Waals surface area contributed by atoms with E-state index in [0.29, 0.717) is 19.1 Å². The number of hydrogen-bond acceptors (Lipinski definition) is 3. The number of ether oxygens (including phenoxy) is 1. The van der Waals surface area contributed by atoms with Crippen molar-refractivity contribution in [3.05, 3.63) is 12.4 Å². The van der Waals surface area contributed by atoms with E-state index in [1.807, 2.05) is 6.92 Å². The molecular weight excluding hydrogens is 247 g/mol. The van der Waals surface area contributed by atoms with E-state index in [-0.39, 0.29) is 12.5 Å². The highest BCUT2D eigenvalue weighted by molar-refractivity contribution is 5.27. The second-order valence-corrected chi connectivity index (χ2v) is 4.16. The van der Waals surface area contributed by atoms with E-state index in [9.17, 15) is 13.2 Å². The van der Waals surface area contributed by atoms with Crippen LogP contribution in [0.5, 0.6) is 0 Å². The van der Waals surface area contributed by atoms with E-state index < -0.39 is 12.6 Å². The molecule has 0 fully saturated rings. The number of aryl methyl sites for hydroxylation is 1. The molecule has 0 amide bonds. The summed E-state index contributed by atoms with van der Waals surface area (Å²) in [7, 11) is 1.59. The molecular formula is C11H18F3N3O. The highest BCUT2D eigenvalue weighted by Gasteiger charge is 2.26. The van der Waals surface area contributed by atoms with Crippen LogP contribution in [0.4, 0.5) is 19.1 Å². The fourth-order valence-corrected chi connectivity index (χ4v) is 1.59. The molecule has 0 aliphatic rings. The molecule has 1 heterocycles. The first-order chi connectivity index (χ1) is 8.42. The van der Waals surface area contributed by atoms with E-state index in [4.69, 9.17) is 4.74 Å². The quantitative estimate of drug-likeness (QED) is 0.823. The Morgan fingerprint density at radius 2 is 2.22 bits per heavy atom. The van der Waals surface area contributed by atoms with Crippen molar-refractivity contribution in [2.75, 3.05) is 19.0 Å². The number of aromatic nitrogens is 2. The molecule has 0 aromatic carbocycles. The summed E-state index contributed by atoms with van der Waals surface area (Å²) in [4.78, 5) is 4.07. The first kappa shape index (κ1) is 14.8. The highest BCUT2D eigenvalue weighted by atomic mass is 19.4. The maximum Gasteiger partial charge on any atom is 0.389 e. The number of anilines is 1. The molecule has 7 heteroatoms. The van der Waals surface area contributed by atoms with Crippen LogP contribution in [0.25, 0.3) is 0 Å². The predicted molar refractivity (Wildman–Crippen MR) is 62.5 cm³/mol. The standard InChI is InChI=1S/C11H18F3N3O/c1-9(8-18-2)16-10-15-5-7-17(10)6-3-4-11(12,13)14/h5,7,9H,3-4,6,8H2,1-2H3,(H,15,16). The fourth-order valence-electron chi connectivity index (χ4n) is 1.59. The van der Waals surface area contributed by atoms with E-state index in [0.717, 1.165) is 0 Å². The smallest absolute Gasteiger partial charge is 0.383 e. The van der Waals surface area contributed by atoms with Gasteiger partial charge in [0.25, 0.3) is 0 Å². The van der Waals surface area contributed by atoms with Crippen LogP contribution in [0.1, 0.15) is 19.8 Å². The van der Waals surface area contributed by atoms with Gasteiger partial charge in [-0.25, -0.2) is 4.98 Å². The van der Waals surface area contributed by atoms with Crippen LogP contribution in [0.15, 0.2) is 12.4 Å². The van der Waals surface area contributed by atoms with Gasteiger partial charge in [-0.3, -0.25) is 0 Å². The second-order valence-electron chi connectivity index (χ2n) is 4.16. The van der Waals surface area contributed by atoms with Gasteiger partial charge < -0.3 is 14.6 Å². The average molecular weight is 265 g/mol. The molecule has 1 atom stereocenters. The highest BCUT2D eigenvalue weighted by Crippen LogP contribution is 2.22. The zero-order chi connectivity index (χ0) is 13.6. The maximum atomic E-state index is 12.0. The largest absolute Gasteiger partial charge is 0.389 e. The van der Waals surface area contributed by atoms with Crippen LogP contribution >= 0.6 is 0 Å². The minimum absolute atomic E-state index is 0.0488. The van der Waals surface area contributed by atoms with Crippen LogP contribution in [-0.2, 0) is 11.3 Å². The topological polar surface area (TPSA) is 39.1 Å². The van der Waals surface area contributed by atoms with Crippen LogP contribution in [0, 0.1) is 0 Å². The number of nitrogens with one attached hydrogen (secondary N) is 1. The van der Waals surface area contributed by atoms with Crippen molar-refractivity contribution in [2.24, 2.45) is 0 Å². The van der Waals surface area contributed by atoms with Crippen LogP contribution in [0.3, 0.4) is 0 Å². The molecule has 0 bridgehead atoms. The van der Waals surface area contributed by atoms with Gasteiger partial charge in [-0.2, -0.15) is 13.2 Å². The Labute approximate surface area is 104 Å². The molecule has 1 aromatic rings. The van der Waals surface area contributed by atoms with Crippen LogP contribution in [-0.4, -0.2) is 35.5 Å². The molecule has 0 saturated heterocycles. The third-order valence-corrected chi connectivity index (χ3v) is 2.37. The predicted octanol–water partition coefficient (Wildman–Crippen LogP) is 2.67. The van der Waals surface area contributed by atoms with Crippen molar-refractivity contribution in [1.82, 2.24) is 9.55 Å². The number of alkyl halides is 3. The van der Waals surface area contributed by atoms with Crippen LogP contribution < -0.4 is 5.32 Å². The summed E-state index contributed by atoms with van der Waals surface area (Å²) in [5.74, 6) is 0.571. The van der Waals surface area contributed by atoms with Gasteiger partial charge in [-0.1, -0.05) is 0 Å². The Kier molecular flexibility index (Phi) is 5.46. The number of methoxy groups -OCH3 is 1. The van der Waals surface area contributed by atoms with E-state index in [1.54, 1.807) is 24.1 Å². The molecule has 1 N–H and O–H groups in total. The summed E-state index contributed by atoms with van der Waals surface area (Å²) in [5, 5.41) is 3.08. The zero-order valence-electron chi connectivity index (χ0n) is 10.5. The molecule has 0 aliphatic heterocycles. The van der Waals surface area contributed by atoms with E-state index in [2.05, 4.69) is 10.3 Å². The summed E-state index contributed by atoms with van der Waals surface area (Å²) >= 11 is 0. The fraction of sp³-hybridized carbons (Fsp3) is 0.727. The number of imidazole rings is 1. The van der Waals surface area contributed by atoms with Crippen molar-refractivity contribution >= 4 is 5.95 Å². The summed E-state index contributed by atoms with van der Waals surface area (Å²) < 4.78 is 42.8. The van der Waals surface area contributed by atoms with Crippen molar-refractivity contribution < 1.29 is 17.9 Å². The first-order valence-corrected chi connectivity index (χ1v) is 5.75. The third kappa shape index (κ3) is 5.39. The zero-order valence-corrected chi connectivity index (χ0v) is 10.5. The summed E-state index contributed by atoms with van der Waals surface area (Å²) in [6.07, 6.45) is -1.60. The van der Waals surface area contributed by atoms with Gasteiger partial charge in [-0.05, 0) is 13.3 Å². The third-order valence-electron chi connectivity index (χ3n) is 2.37. The molecule has 0 saturated carbocycles. The Morgan fingerprint density at radius 1 is 1.50 bits per heavy atom. The minimum atomic E-state index is -4.10. The van der Waals surface area contributed by atoms with Gasteiger partial charge in [0.15, 0.2) is 0 Å². The molecule has 4 nitrogen and oxygen atoms in total. The molecule has 1 aromatic heterocycles. The summed E-state index contributed by atoms with van der Waals surface area (Å²) in [5.41, 5.74) is 0. The van der Waals surface area contributed by atoms with E-state index >= 15 is 0 Å². The molecule has 18 heavy (non-hydrogen) atoms. The Hall–Kier alpha value is -1.24. The Bertz CT molecular complexity index is 352. The molecule has 1 unspecified atom stereocenters. The lowest BCUT2D eigenvalue weighted by molar-refractivity contribution is -0.135. The van der Waals surface area contributed by atoms with Crippen molar-refractivity contribution in [3.63, 3.8) is 0 Å². The SMILES string of the molecule is COCC(C)Nc1nccn1CCCC(F)(F)F. The van der Waals surface area contributed by atoms with Gasteiger partial charge >= 0.3 is 6.18 Å². The number of nitrogens with zero attached hydrogens (tertiary/aromatic N) is 2. The number of halogens is 3.